The molecule has 0 aliphatic carbocycles. The molecule has 1 aromatic carbocycles. The van der Waals surface area contributed by atoms with E-state index >= 15 is 0 Å². The molecule has 1 unspecified atom stereocenters. The molecule has 0 saturated carbocycles. The Labute approximate surface area is 161 Å². The minimum absolute atomic E-state index is 0.00566. The number of benzene rings is 1. The van der Waals surface area contributed by atoms with Crippen LogP contribution in [0.4, 0.5) is 0 Å². The largest absolute Gasteiger partial charge is 0.444 e. The van der Waals surface area contributed by atoms with Gasteiger partial charge in [0.2, 0.25) is 5.89 Å². The van der Waals surface area contributed by atoms with Crippen LogP contribution in [0.1, 0.15) is 24.6 Å². The zero-order valence-electron chi connectivity index (χ0n) is 16.3. The Kier molecular flexibility index (Phi) is 7.41. The van der Waals surface area contributed by atoms with Gasteiger partial charge in [0.1, 0.15) is 16.1 Å². The summed E-state index contributed by atoms with van der Waals surface area (Å²) in [6.45, 7) is 4.61. The molecule has 0 bridgehead atoms. The van der Waals surface area contributed by atoms with Gasteiger partial charge in [0.25, 0.3) is 0 Å². The fourth-order valence-corrected chi connectivity index (χ4v) is 3.23. The average molecular weight is 393 g/mol. The second-order valence-corrected chi connectivity index (χ2v) is 8.98. The lowest BCUT2D eigenvalue weighted by Crippen LogP contribution is -2.43. The number of hydrogen-bond acceptors (Lipinski definition) is 5. The lowest BCUT2D eigenvalue weighted by atomic mass is 10.1. The molecule has 1 heterocycles. The van der Waals surface area contributed by atoms with E-state index in [-0.39, 0.29) is 11.8 Å². The highest BCUT2D eigenvalue weighted by Gasteiger charge is 2.10. The molecule has 1 atom stereocenters. The monoisotopic (exact) mass is 392 g/mol. The highest BCUT2D eigenvalue weighted by Crippen LogP contribution is 2.19. The zero-order valence-corrected chi connectivity index (χ0v) is 17.1. The lowest BCUT2D eigenvalue weighted by molar-refractivity contribution is 0.572. The number of oxazole rings is 1. The predicted molar refractivity (Wildman–Crippen MR) is 109 cm³/mol. The van der Waals surface area contributed by atoms with Gasteiger partial charge < -0.3 is 15.1 Å². The number of sulfone groups is 1. The van der Waals surface area contributed by atoms with Crippen molar-refractivity contribution in [3.05, 3.63) is 41.8 Å². The highest BCUT2D eigenvalue weighted by atomic mass is 32.2. The summed E-state index contributed by atoms with van der Waals surface area (Å²) in [5.41, 5.74) is 3.01. The van der Waals surface area contributed by atoms with Crippen LogP contribution >= 0.6 is 0 Å². The van der Waals surface area contributed by atoms with Crippen molar-refractivity contribution in [3.8, 4) is 11.5 Å². The van der Waals surface area contributed by atoms with E-state index in [9.17, 15) is 8.42 Å². The summed E-state index contributed by atoms with van der Waals surface area (Å²) in [5, 5.41) is 6.40. The summed E-state index contributed by atoms with van der Waals surface area (Å²) in [7, 11) is -1.27. The van der Waals surface area contributed by atoms with Crippen LogP contribution in [0.5, 0.6) is 0 Å². The Morgan fingerprint density at radius 2 is 2.00 bits per heavy atom. The summed E-state index contributed by atoms with van der Waals surface area (Å²) >= 11 is 0. The Bertz CT molecular complexity index is 857. The third-order valence-electron chi connectivity index (χ3n) is 4.05. The second-order valence-electron chi connectivity index (χ2n) is 6.72. The van der Waals surface area contributed by atoms with Gasteiger partial charge in [0, 0.05) is 37.9 Å². The number of aromatic nitrogens is 1. The van der Waals surface area contributed by atoms with Gasteiger partial charge in [0.05, 0.1) is 11.4 Å². The number of aliphatic imine (C=N–C) groups is 1. The minimum Gasteiger partial charge on any atom is -0.444 e. The van der Waals surface area contributed by atoms with Crippen molar-refractivity contribution >= 4 is 15.8 Å². The first kappa shape index (κ1) is 21.0. The number of aryl methyl sites for hydroxylation is 1. The SMILES string of the molecule is CN=C(NCCc1coc(-c2ccc(C)cc2)n1)NC(C)CCS(C)(=O)=O. The van der Waals surface area contributed by atoms with Crippen molar-refractivity contribution in [1.82, 2.24) is 15.6 Å². The first-order chi connectivity index (χ1) is 12.8. The lowest BCUT2D eigenvalue weighted by Gasteiger charge is -2.17. The van der Waals surface area contributed by atoms with Crippen molar-refractivity contribution < 1.29 is 12.8 Å². The highest BCUT2D eigenvalue weighted by molar-refractivity contribution is 7.90. The van der Waals surface area contributed by atoms with Crippen molar-refractivity contribution in [1.29, 1.82) is 0 Å². The molecule has 2 aromatic rings. The number of rotatable bonds is 8. The van der Waals surface area contributed by atoms with Gasteiger partial charge in [-0.2, -0.15) is 0 Å². The van der Waals surface area contributed by atoms with Crippen LogP contribution in [0.2, 0.25) is 0 Å². The Hall–Kier alpha value is -2.35. The van der Waals surface area contributed by atoms with Gasteiger partial charge in [-0.15, -0.1) is 0 Å². The maximum atomic E-state index is 11.3. The van der Waals surface area contributed by atoms with E-state index in [1.807, 2.05) is 38.1 Å². The minimum atomic E-state index is -2.96. The van der Waals surface area contributed by atoms with Crippen LogP contribution in [0, 0.1) is 6.92 Å². The van der Waals surface area contributed by atoms with E-state index in [4.69, 9.17) is 4.42 Å². The number of guanidine groups is 1. The van der Waals surface area contributed by atoms with Crippen LogP contribution < -0.4 is 10.6 Å². The zero-order chi connectivity index (χ0) is 19.9. The van der Waals surface area contributed by atoms with Crippen LogP contribution in [-0.2, 0) is 16.3 Å². The molecule has 2 N–H and O–H groups in total. The number of nitrogens with zero attached hydrogens (tertiary/aromatic N) is 2. The van der Waals surface area contributed by atoms with Crippen LogP contribution in [0.3, 0.4) is 0 Å². The molecule has 0 saturated heterocycles. The van der Waals surface area contributed by atoms with Crippen molar-refractivity contribution in [2.75, 3.05) is 25.6 Å². The molecule has 0 aliphatic heterocycles. The molecule has 2 rings (SSSR count). The van der Waals surface area contributed by atoms with Gasteiger partial charge in [-0.3, -0.25) is 4.99 Å². The van der Waals surface area contributed by atoms with Gasteiger partial charge in [-0.1, -0.05) is 17.7 Å². The smallest absolute Gasteiger partial charge is 0.226 e. The van der Waals surface area contributed by atoms with E-state index in [2.05, 4.69) is 20.6 Å². The molecule has 0 amide bonds. The molecule has 7 nitrogen and oxygen atoms in total. The maximum Gasteiger partial charge on any atom is 0.226 e. The summed E-state index contributed by atoms with van der Waals surface area (Å²) in [6.07, 6.45) is 4.13. The Morgan fingerprint density at radius 1 is 1.30 bits per heavy atom. The van der Waals surface area contributed by atoms with Crippen LogP contribution in [-0.4, -0.2) is 51.0 Å². The van der Waals surface area contributed by atoms with Gasteiger partial charge >= 0.3 is 0 Å². The summed E-state index contributed by atoms with van der Waals surface area (Å²) in [4.78, 5) is 8.68. The fraction of sp³-hybridized carbons (Fsp3) is 0.474. The maximum absolute atomic E-state index is 11.3. The van der Waals surface area contributed by atoms with Gasteiger partial charge in [-0.05, 0) is 32.4 Å². The molecule has 27 heavy (non-hydrogen) atoms. The quantitative estimate of drug-likeness (QED) is 0.528. The molecule has 148 valence electrons. The van der Waals surface area contributed by atoms with Gasteiger partial charge in [0.15, 0.2) is 5.96 Å². The molecule has 0 fully saturated rings. The van der Waals surface area contributed by atoms with E-state index in [1.165, 1.54) is 11.8 Å². The normalized spacial score (nSPS) is 13.4. The standard InChI is InChI=1S/C19H28N4O3S/c1-14-5-7-16(8-6-14)18-23-17(13-26-18)9-11-21-19(20-3)22-15(2)10-12-27(4,24)25/h5-8,13,15H,9-12H2,1-4H3,(H2,20,21,22). The number of hydrogen-bond donors (Lipinski definition) is 2. The first-order valence-electron chi connectivity index (χ1n) is 8.93. The van der Waals surface area contributed by atoms with Crippen LogP contribution in [0.15, 0.2) is 39.9 Å². The third kappa shape index (κ3) is 7.42. The summed E-state index contributed by atoms with van der Waals surface area (Å²) < 4.78 is 28.1. The fourth-order valence-electron chi connectivity index (χ4n) is 2.45. The molecular formula is C19H28N4O3S. The van der Waals surface area contributed by atoms with Crippen molar-refractivity contribution in [3.63, 3.8) is 0 Å². The van der Waals surface area contributed by atoms with Crippen LogP contribution in [0.25, 0.3) is 11.5 Å². The molecule has 0 aliphatic rings. The second kappa shape index (κ2) is 9.55. The van der Waals surface area contributed by atoms with Crippen molar-refractivity contribution in [2.45, 2.75) is 32.7 Å². The molecule has 1 aromatic heterocycles. The average Bonchev–Trinajstić information content (AvgIpc) is 3.08. The molecule has 8 heteroatoms. The molecular weight excluding hydrogens is 364 g/mol. The van der Waals surface area contributed by atoms with E-state index < -0.39 is 9.84 Å². The number of nitrogens with one attached hydrogen (secondary N) is 2. The van der Waals surface area contributed by atoms with Crippen molar-refractivity contribution in [2.24, 2.45) is 4.99 Å². The molecule has 0 radical (unpaired) electrons. The van der Waals surface area contributed by atoms with Gasteiger partial charge in [-0.25, -0.2) is 13.4 Å². The Morgan fingerprint density at radius 3 is 2.63 bits per heavy atom. The van der Waals surface area contributed by atoms with E-state index in [0.29, 0.717) is 31.2 Å². The predicted octanol–water partition coefficient (Wildman–Crippen LogP) is 2.18. The summed E-state index contributed by atoms with van der Waals surface area (Å²) in [6, 6.07) is 8.05. The Balaban J connectivity index is 1.80. The van der Waals surface area contributed by atoms with E-state index in [1.54, 1.807) is 13.3 Å². The topological polar surface area (TPSA) is 96.6 Å². The van der Waals surface area contributed by atoms with E-state index in [0.717, 1.165) is 11.3 Å². The third-order valence-corrected chi connectivity index (χ3v) is 5.03. The first-order valence-corrected chi connectivity index (χ1v) is 11.0. The molecule has 0 spiro atoms. The summed E-state index contributed by atoms with van der Waals surface area (Å²) in [5.74, 6) is 1.40.